The lowest BCUT2D eigenvalue weighted by Gasteiger charge is -2.17. The maximum Gasteiger partial charge on any atom is 0.416 e. The third-order valence-corrected chi connectivity index (χ3v) is 2.36. The molecule has 0 aliphatic carbocycles. The van der Waals surface area contributed by atoms with E-state index in [0.29, 0.717) is 12.1 Å². The van der Waals surface area contributed by atoms with E-state index in [2.05, 4.69) is 0 Å². The summed E-state index contributed by atoms with van der Waals surface area (Å²) in [5.74, 6) is 0. The summed E-state index contributed by atoms with van der Waals surface area (Å²) in [7, 11) is 0. The zero-order chi connectivity index (χ0) is 13.2. The van der Waals surface area contributed by atoms with Crippen molar-refractivity contribution in [2.45, 2.75) is 18.4 Å². The molecule has 0 amide bonds. The predicted molar refractivity (Wildman–Crippen MR) is 54.5 cm³/mol. The Bertz CT molecular complexity index is 395. The Hall–Kier alpha value is -0.820. The van der Waals surface area contributed by atoms with Crippen LogP contribution >= 0.6 is 11.6 Å². The van der Waals surface area contributed by atoms with Crippen LogP contribution < -0.4 is 0 Å². The van der Waals surface area contributed by atoms with E-state index in [-0.39, 0.29) is 10.6 Å². The SMILES string of the molecule is OCC(O)C(O)c1cc(Cl)cc(C(F)(F)F)c1. The molecule has 0 saturated carbocycles. The molecular formula is C10H10ClF3O3. The van der Waals surface area contributed by atoms with E-state index < -0.39 is 30.6 Å². The summed E-state index contributed by atoms with van der Waals surface area (Å²) in [6.45, 7) is -0.769. The van der Waals surface area contributed by atoms with Crippen molar-refractivity contribution in [2.24, 2.45) is 0 Å². The molecule has 3 nitrogen and oxygen atoms in total. The smallest absolute Gasteiger partial charge is 0.394 e. The lowest BCUT2D eigenvalue weighted by molar-refractivity contribution is -0.137. The second kappa shape index (κ2) is 5.22. The van der Waals surface area contributed by atoms with E-state index >= 15 is 0 Å². The fraction of sp³-hybridized carbons (Fsp3) is 0.400. The number of aliphatic hydroxyl groups is 3. The molecule has 2 unspecified atom stereocenters. The first-order valence-corrected chi connectivity index (χ1v) is 4.98. The number of alkyl halides is 3. The van der Waals surface area contributed by atoms with Crippen LogP contribution in [0.5, 0.6) is 0 Å². The molecule has 0 saturated heterocycles. The van der Waals surface area contributed by atoms with Gasteiger partial charge in [0.25, 0.3) is 0 Å². The average molecular weight is 271 g/mol. The fourth-order valence-corrected chi connectivity index (χ4v) is 1.51. The molecule has 0 aliphatic heterocycles. The topological polar surface area (TPSA) is 60.7 Å². The van der Waals surface area contributed by atoms with Crippen LogP contribution in [0.25, 0.3) is 0 Å². The molecule has 2 atom stereocenters. The number of halogens is 4. The molecule has 17 heavy (non-hydrogen) atoms. The van der Waals surface area contributed by atoms with Gasteiger partial charge in [0.15, 0.2) is 0 Å². The van der Waals surface area contributed by atoms with Gasteiger partial charge in [-0.2, -0.15) is 13.2 Å². The van der Waals surface area contributed by atoms with Gasteiger partial charge < -0.3 is 15.3 Å². The Kier molecular flexibility index (Phi) is 4.37. The zero-order valence-electron chi connectivity index (χ0n) is 8.45. The van der Waals surface area contributed by atoms with Gasteiger partial charge in [0.1, 0.15) is 12.2 Å². The van der Waals surface area contributed by atoms with Crippen molar-refractivity contribution in [1.29, 1.82) is 0 Å². The molecule has 3 N–H and O–H groups in total. The van der Waals surface area contributed by atoms with E-state index in [4.69, 9.17) is 21.8 Å². The molecule has 0 bridgehead atoms. The molecule has 0 heterocycles. The Labute approximate surface area is 100 Å². The number of rotatable bonds is 3. The van der Waals surface area contributed by atoms with Gasteiger partial charge in [-0.1, -0.05) is 11.6 Å². The van der Waals surface area contributed by atoms with E-state index in [1.54, 1.807) is 0 Å². The molecule has 96 valence electrons. The first kappa shape index (κ1) is 14.2. The van der Waals surface area contributed by atoms with Crippen molar-refractivity contribution < 1.29 is 28.5 Å². The quantitative estimate of drug-likeness (QED) is 0.784. The Morgan fingerprint density at radius 2 is 1.76 bits per heavy atom. The van der Waals surface area contributed by atoms with Crippen LogP contribution in [0.2, 0.25) is 5.02 Å². The molecule has 0 fully saturated rings. The summed E-state index contributed by atoms with van der Waals surface area (Å²) >= 11 is 5.49. The highest BCUT2D eigenvalue weighted by atomic mass is 35.5. The van der Waals surface area contributed by atoms with E-state index in [1.807, 2.05) is 0 Å². The summed E-state index contributed by atoms with van der Waals surface area (Å²) in [6.07, 6.45) is -7.78. The second-order valence-electron chi connectivity index (χ2n) is 3.47. The van der Waals surface area contributed by atoms with Crippen molar-refractivity contribution in [3.05, 3.63) is 34.3 Å². The van der Waals surface area contributed by atoms with E-state index in [0.717, 1.165) is 6.07 Å². The molecule has 1 aromatic rings. The van der Waals surface area contributed by atoms with Gasteiger partial charge in [0.05, 0.1) is 12.2 Å². The molecule has 0 radical (unpaired) electrons. The molecule has 1 rings (SSSR count). The minimum atomic E-state index is -4.59. The maximum absolute atomic E-state index is 12.4. The molecule has 0 aliphatic rings. The van der Waals surface area contributed by atoms with Crippen molar-refractivity contribution in [3.63, 3.8) is 0 Å². The standard InChI is InChI=1S/C10H10ClF3O3/c11-7-2-5(9(17)8(16)4-15)1-6(3-7)10(12,13)14/h1-3,8-9,15-17H,4H2. The van der Waals surface area contributed by atoms with Gasteiger partial charge in [-0.3, -0.25) is 0 Å². The molecule has 0 spiro atoms. The van der Waals surface area contributed by atoms with Crippen molar-refractivity contribution in [3.8, 4) is 0 Å². The maximum atomic E-state index is 12.4. The summed E-state index contributed by atoms with van der Waals surface area (Å²) in [5.41, 5.74) is -1.23. The van der Waals surface area contributed by atoms with Crippen LogP contribution in [-0.2, 0) is 6.18 Å². The van der Waals surface area contributed by atoms with Crippen LogP contribution in [0.1, 0.15) is 17.2 Å². The van der Waals surface area contributed by atoms with Gasteiger partial charge in [-0.05, 0) is 23.8 Å². The lowest BCUT2D eigenvalue weighted by atomic mass is 10.0. The number of hydrogen-bond acceptors (Lipinski definition) is 3. The minimum Gasteiger partial charge on any atom is -0.394 e. The van der Waals surface area contributed by atoms with Crippen LogP contribution in [-0.4, -0.2) is 28.0 Å². The van der Waals surface area contributed by atoms with Crippen LogP contribution in [0.3, 0.4) is 0 Å². The summed E-state index contributed by atoms with van der Waals surface area (Å²) in [5, 5.41) is 27.0. The van der Waals surface area contributed by atoms with Gasteiger partial charge in [0, 0.05) is 5.02 Å². The zero-order valence-corrected chi connectivity index (χ0v) is 9.20. The average Bonchev–Trinajstić information content (AvgIpc) is 2.25. The number of hydrogen-bond donors (Lipinski definition) is 3. The first-order valence-electron chi connectivity index (χ1n) is 4.60. The van der Waals surface area contributed by atoms with Crippen LogP contribution in [0.4, 0.5) is 13.2 Å². The highest BCUT2D eigenvalue weighted by molar-refractivity contribution is 6.30. The monoisotopic (exact) mass is 270 g/mol. The normalized spacial score (nSPS) is 15.7. The van der Waals surface area contributed by atoms with Crippen LogP contribution in [0.15, 0.2) is 18.2 Å². The summed E-state index contributed by atoms with van der Waals surface area (Å²) < 4.78 is 37.3. The lowest BCUT2D eigenvalue weighted by Crippen LogP contribution is -2.22. The predicted octanol–water partition coefficient (Wildman–Crippen LogP) is 1.75. The second-order valence-corrected chi connectivity index (χ2v) is 3.90. The molecule has 0 aromatic heterocycles. The van der Waals surface area contributed by atoms with Gasteiger partial charge in [-0.15, -0.1) is 0 Å². The van der Waals surface area contributed by atoms with Crippen molar-refractivity contribution in [1.82, 2.24) is 0 Å². The summed E-state index contributed by atoms with van der Waals surface area (Å²) in [6, 6.07) is 2.48. The fourth-order valence-electron chi connectivity index (χ4n) is 1.27. The Balaban J connectivity index is 3.14. The highest BCUT2D eigenvalue weighted by Crippen LogP contribution is 2.33. The number of aliphatic hydroxyl groups excluding tert-OH is 3. The Morgan fingerprint density at radius 3 is 2.24 bits per heavy atom. The van der Waals surface area contributed by atoms with Crippen molar-refractivity contribution in [2.75, 3.05) is 6.61 Å². The van der Waals surface area contributed by atoms with E-state index in [9.17, 15) is 18.3 Å². The minimum absolute atomic E-state index is 0.202. The largest absolute Gasteiger partial charge is 0.416 e. The Morgan fingerprint density at radius 1 is 1.18 bits per heavy atom. The third kappa shape index (κ3) is 3.57. The van der Waals surface area contributed by atoms with Gasteiger partial charge >= 0.3 is 6.18 Å². The van der Waals surface area contributed by atoms with E-state index in [1.165, 1.54) is 0 Å². The molecule has 7 heteroatoms. The van der Waals surface area contributed by atoms with Crippen LogP contribution in [0, 0.1) is 0 Å². The van der Waals surface area contributed by atoms with Gasteiger partial charge in [0.2, 0.25) is 0 Å². The molecular weight excluding hydrogens is 261 g/mol. The number of benzene rings is 1. The first-order chi connectivity index (χ1) is 7.75. The molecule has 1 aromatic carbocycles. The highest BCUT2D eigenvalue weighted by Gasteiger charge is 2.32. The third-order valence-electron chi connectivity index (χ3n) is 2.14. The summed E-state index contributed by atoms with van der Waals surface area (Å²) in [4.78, 5) is 0. The van der Waals surface area contributed by atoms with Gasteiger partial charge in [-0.25, -0.2) is 0 Å². The van der Waals surface area contributed by atoms with Crippen molar-refractivity contribution >= 4 is 11.6 Å².